The number of aromatic nitrogens is 4. The molecule has 0 unspecified atom stereocenters. The lowest BCUT2D eigenvalue weighted by Gasteiger charge is -2.20. The van der Waals surface area contributed by atoms with Gasteiger partial charge in [0.05, 0.1) is 12.0 Å². The normalized spacial score (nSPS) is 16.5. The molecule has 0 aromatic carbocycles. The molecule has 1 aliphatic carbocycles. The second kappa shape index (κ2) is 8.86. The molecule has 1 N–H and O–H groups in total. The first-order valence-corrected chi connectivity index (χ1v) is 9.50. The molecule has 0 spiro atoms. The molecule has 2 heterocycles. The predicted molar refractivity (Wildman–Crippen MR) is 90.6 cm³/mol. The molecule has 2 aromatic heterocycles. The third-order valence-corrected chi connectivity index (χ3v) is 5.14. The average Bonchev–Trinajstić information content (AvgIpc) is 3.20. The number of carbonyl (C=O) groups excluding carboxylic acids is 1. The summed E-state index contributed by atoms with van der Waals surface area (Å²) in [7, 11) is 0. The first-order chi connectivity index (χ1) is 11.8. The topological polar surface area (TPSA) is 85.8 Å². The number of rotatable bonds is 6. The van der Waals surface area contributed by atoms with E-state index in [9.17, 15) is 4.79 Å². The van der Waals surface area contributed by atoms with E-state index in [2.05, 4.69) is 20.8 Å². The van der Waals surface area contributed by atoms with E-state index in [1.54, 1.807) is 10.9 Å². The fraction of sp³-hybridized carbons (Fsp3) is 0.625. The molecule has 0 radical (unpaired) electrons. The Labute approximate surface area is 145 Å². The molecule has 0 bridgehead atoms. The van der Waals surface area contributed by atoms with Crippen molar-refractivity contribution in [2.24, 2.45) is 0 Å². The highest BCUT2D eigenvalue weighted by molar-refractivity contribution is 7.99. The van der Waals surface area contributed by atoms with Crippen LogP contribution < -0.4 is 5.32 Å². The van der Waals surface area contributed by atoms with E-state index >= 15 is 0 Å². The van der Waals surface area contributed by atoms with E-state index in [4.69, 9.17) is 4.42 Å². The summed E-state index contributed by atoms with van der Waals surface area (Å²) < 4.78 is 6.95. The van der Waals surface area contributed by atoms with Crippen molar-refractivity contribution in [3.05, 3.63) is 24.2 Å². The highest BCUT2D eigenvalue weighted by Crippen LogP contribution is 2.18. The number of carbonyl (C=O) groups is 1. The van der Waals surface area contributed by atoms with Gasteiger partial charge in [-0.3, -0.25) is 4.79 Å². The number of thioether (sulfide) groups is 1. The van der Waals surface area contributed by atoms with Crippen LogP contribution in [0.5, 0.6) is 0 Å². The van der Waals surface area contributed by atoms with Crippen LogP contribution in [-0.4, -0.2) is 37.9 Å². The Bertz CT molecular complexity index is 620. The summed E-state index contributed by atoms with van der Waals surface area (Å²) in [6.07, 6.45) is 10.1. The highest BCUT2D eigenvalue weighted by atomic mass is 32.2. The minimum atomic E-state index is 0.0538. The number of tetrazole rings is 1. The Kier molecular flexibility index (Phi) is 6.28. The number of nitrogens with zero attached hydrogens (tertiary/aromatic N) is 4. The fourth-order valence-corrected chi connectivity index (χ4v) is 3.64. The van der Waals surface area contributed by atoms with Crippen molar-refractivity contribution in [3.63, 3.8) is 0 Å². The van der Waals surface area contributed by atoms with Gasteiger partial charge in [0.1, 0.15) is 12.3 Å². The van der Waals surface area contributed by atoms with Gasteiger partial charge < -0.3 is 9.73 Å². The standard InChI is InChI=1S/C16H23N5O2S/c22-15(17-13-7-4-2-1-3-5-8-13)12-24-16-18-19-20-21(16)11-14-9-6-10-23-14/h6,9-10,13H,1-5,7-8,11-12H2,(H,17,22). The van der Waals surface area contributed by atoms with Gasteiger partial charge in [0.25, 0.3) is 0 Å². The molecule has 2 aromatic rings. The monoisotopic (exact) mass is 349 g/mol. The maximum absolute atomic E-state index is 12.2. The SMILES string of the molecule is O=C(CSc1nnnn1Cc1ccco1)NC1CCCCCCC1. The lowest BCUT2D eigenvalue weighted by molar-refractivity contribution is -0.119. The molecule has 7 nitrogen and oxygen atoms in total. The molecule has 0 atom stereocenters. The average molecular weight is 349 g/mol. The summed E-state index contributed by atoms with van der Waals surface area (Å²) in [5.74, 6) is 1.16. The molecule has 1 saturated carbocycles. The molecule has 8 heteroatoms. The van der Waals surface area contributed by atoms with Gasteiger partial charge in [-0.05, 0) is 35.4 Å². The Hall–Kier alpha value is -1.83. The third-order valence-electron chi connectivity index (χ3n) is 4.19. The van der Waals surface area contributed by atoms with Crippen LogP contribution in [0.15, 0.2) is 28.0 Å². The quantitative estimate of drug-likeness (QED) is 0.807. The van der Waals surface area contributed by atoms with Crippen molar-refractivity contribution in [1.29, 1.82) is 0 Å². The summed E-state index contributed by atoms with van der Waals surface area (Å²) >= 11 is 1.35. The zero-order valence-electron chi connectivity index (χ0n) is 13.7. The maximum atomic E-state index is 12.2. The van der Waals surface area contributed by atoms with Crippen LogP contribution in [0.25, 0.3) is 0 Å². The number of furan rings is 1. The van der Waals surface area contributed by atoms with E-state index in [0.717, 1.165) is 18.6 Å². The molecule has 24 heavy (non-hydrogen) atoms. The Balaban J connectivity index is 1.46. The van der Waals surface area contributed by atoms with Crippen LogP contribution in [0, 0.1) is 0 Å². The summed E-state index contributed by atoms with van der Waals surface area (Å²) in [6.45, 7) is 0.465. The summed E-state index contributed by atoms with van der Waals surface area (Å²) in [5, 5.41) is 15.4. The van der Waals surface area contributed by atoms with Gasteiger partial charge in [-0.1, -0.05) is 43.9 Å². The molecule has 130 valence electrons. The summed E-state index contributed by atoms with van der Waals surface area (Å²) in [6, 6.07) is 4.02. The number of amides is 1. The predicted octanol–water partition coefficient (Wildman–Crippen LogP) is 2.64. The lowest BCUT2D eigenvalue weighted by atomic mass is 9.97. The lowest BCUT2D eigenvalue weighted by Crippen LogP contribution is -2.36. The molecule has 1 amide bonds. The van der Waals surface area contributed by atoms with Crippen LogP contribution in [0.1, 0.15) is 50.7 Å². The van der Waals surface area contributed by atoms with E-state index < -0.39 is 0 Å². The van der Waals surface area contributed by atoms with Crippen LogP contribution in [0.2, 0.25) is 0 Å². The van der Waals surface area contributed by atoms with Crippen LogP contribution in [-0.2, 0) is 11.3 Å². The fourth-order valence-electron chi connectivity index (χ4n) is 2.95. The Morgan fingerprint density at radius 1 is 1.29 bits per heavy atom. The smallest absolute Gasteiger partial charge is 0.230 e. The molecule has 1 aliphatic rings. The van der Waals surface area contributed by atoms with Crippen molar-refractivity contribution >= 4 is 17.7 Å². The van der Waals surface area contributed by atoms with Gasteiger partial charge in [0.2, 0.25) is 11.1 Å². The number of nitrogens with one attached hydrogen (secondary N) is 1. The highest BCUT2D eigenvalue weighted by Gasteiger charge is 2.16. The Morgan fingerprint density at radius 3 is 2.83 bits per heavy atom. The molecule has 1 fully saturated rings. The zero-order valence-corrected chi connectivity index (χ0v) is 14.5. The molecule has 0 saturated heterocycles. The third kappa shape index (κ3) is 5.09. The minimum Gasteiger partial charge on any atom is -0.467 e. The van der Waals surface area contributed by atoms with Gasteiger partial charge in [0, 0.05) is 6.04 Å². The van der Waals surface area contributed by atoms with Gasteiger partial charge >= 0.3 is 0 Å². The van der Waals surface area contributed by atoms with E-state index in [1.807, 2.05) is 12.1 Å². The van der Waals surface area contributed by atoms with E-state index in [-0.39, 0.29) is 5.91 Å². The molecular weight excluding hydrogens is 326 g/mol. The Morgan fingerprint density at radius 2 is 2.08 bits per heavy atom. The van der Waals surface area contributed by atoms with E-state index in [0.29, 0.717) is 23.5 Å². The first-order valence-electron chi connectivity index (χ1n) is 8.52. The van der Waals surface area contributed by atoms with Crippen molar-refractivity contribution in [3.8, 4) is 0 Å². The van der Waals surface area contributed by atoms with Crippen LogP contribution in [0.4, 0.5) is 0 Å². The molecule has 0 aliphatic heterocycles. The summed E-state index contributed by atoms with van der Waals surface area (Å²) in [5.41, 5.74) is 0. The van der Waals surface area contributed by atoms with E-state index in [1.165, 1.54) is 43.9 Å². The minimum absolute atomic E-state index is 0.0538. The van der Waals surface area contributed by atoms with Gasteiger partial charge in [-0.25, -0.2) is 4.68 Å². The van der Waals surface area contributed by atoms with Gasteiger partial charge in [-0.15, -0.1) is 5.10 Å². The van der Waals surface area contributed by atoms with Gasteiger partial charge in [0.15, 0.2) is 0 Å². The van der Waals surface area contributed by atoms with Crippen LogP contribution >= 0.6 is 11.8 Å². The second-order valence-corrected chi connectivity index (χ2v) is 7.04. The summed E-state index contributed by atoms with van der Waals surface area (Å²) in [4.78, 5) is 12.2. The zero-order chi connectivity index (χ0) is 16.6. The van der Waals surface area contributed by atoms with Crippen molar-refractivity contribution in [1.82, 2.24) is 25.5 Å². The van der Waals surface area contributed by atoms with Crippen molar-refractivity contribution in [2.45, 2.75) is 62.7 Å². The van der Waals surface area contributed by atoms with Crippen molar-refractivity contribution < 1.29 is 9.21 Å². The number of hydrogen-bond acceptors (Lipinski definition) is 6. The van der Waals surface area contributed by atoms with Gasteiger partial charge in [-0.2, -0.15) is 0 Å². The number of hydrogen-bond donors (Lipinski definition) is 1. The maximum Gasteiger partial charge on any atom is 0.230 e. The largest absolute Gasteiger partial charge is 0.467 e. The second-order valence-electron chi connectivity index (χ2n) is 6.10. The van der Waals surface area contributed by atoms with Crippen LogP contribution in [0.3, 0.4) is 0 Å². The molecule has 3 rings (SSSR count). The van der Waals surface area contributed by atoms with Crippen molar-refractivity contribution in [2.75, 3.05) is 5.75 Å². The first kappa shape index (κ1) is 17.0. The molecular formula is C16H23N5O2S.